The lowest BCUT2D eigenvalue weighted by Crippen LogP contribution is -2.41. The number of methoxy groups -OCH3 is 3. The van der Waals surface area contributed by atoms with Gasteiger partial charge >= 0.3 is 0 Å². The van der Waals surface area contributed by atoms with E-state index in [1.165, 1.54) is 0 Å². The Labute approximate surface area is 172 Å². The summed E-state index contributed by atoms with van der Waals surface area (Å²) in [6.07, 6.45) is 10.3. The molecule has 28 heavy (non-hydrogen) atoms. The molecule has 0 saturated carbocycles. The Bertz CT molecular complexity index is 472. The van der Waals surface area contributed by atoms with Crippen LogP contribution in [-0.4, -0.2) is 57.1 Å². The number of ether oxygens (including phenoxy) is 4. The van der Waals surface area contributed by atoms with Crippen molar-refractivity contribution in [3.8, 4) is 0 Å². The van der Waals surface area contributed by atoms with Crippen molar-refractivity contribution < 1.29 is 24.1 Å². The molecule has 0 bridgehead atoms. The zero-order valence-electron chi connectivity index (χ0n) is 18.9. The number of hydrogen-bond donors (Lipinski definition) is 1. The van der Waals surface area contributed by atoms with Gasteiger partial charge in [-0.3, -0.25) is 0 Å². The van der Waals surface area contributed by atoms with Gasteiger partial charge in [0, 0.05) is 33.7 Å². The van der Waals surface area contributed by atoms with Gasteiger partial charge < -0.3 is 24.1 Å². The van der Waals surface area contributed by atoms with Crippen LogP contribution in [0.4, 0.5) is 0 Å². The van der Waals surface area contributed by atoms with Gasteiger partial charge in [0.2, 0.25) is 0 Å². The minimum atomic E-state index is -0.350. The average Bonchev–Trinajstić information content (AvgIpc) is 2.71. The van der Waals surface area contributed by atoms with E-state index < -0.39 is 0 Å². The van der Waals surface area contributed by atoms with Gasteiger partial charge in [0.1, 0.15) is 6.10 Å². The summed E-state index contributed by atoms with van der Waals surface area (Å²) in [5.74, 6) is 0.544. The molecule has 0 aromatic carbocycles. The number of aliphatic hydroxyl groups excluding tert-OH is 1. The highest BCUT2D eigenvalue weighted by atomic mass is 16.7. The fourth-order valence-corrected chi connectivity index (χ4v) is 3.88. The monoisotopic (exact) mass is 398 g/mol. The van der Waals surface area contributed by atoms with E-state index in [-0.39, 0.29) is 36.6 Å². The van der Waals surface area contributed by atoms with Crippen LogP contribution in [0, 0.1) is 11.8 Å². The van der Waals surface area contributed by atoms with Gasteiger partial charge in [-0.25, -0.2) is 0 Å². The minimum Gasteiger partial charge on any atom is -0.393 e. The fraction of sp³-hybridized carbons (Fsp3) is 0.826. The Morgan fingerprint density at radius 3 is 2.43 bits per heavy atom. The molecule has 1 saturated heterocycles. The maximum atomic E-state index is 10.5. The number of rotatable bonds is 12. The fourth-order valence-electron chi connectivity index (χ4n) is 3.88. The Kier molecular flexibility index (Phi) is 12.2. The second-order valence-electron chi connectivity index (χ2n) is 8.03. The Morgan fingerprint density at radius 2 is 1.86 bits per heavy atom. The molecule has 5 unspecified atom stereocenters. The molecular formula is C23H42O5. The average molecular weight is 399 g/mol. The minimum absolute atomic E-state index is 0.0489. The van der Waals surface area contributed by atoms with Crippen molar-refractivity contribution in [2.75, 3.05) is 21.3 Å². The van der Waals surface area contributed by atoms with Gasteiger partial charge in [-0.2, -0.15) is 0 Å². The molecule has 1 aliphatic heterocycles. The quantitative estimate of drug-likeness (QED) is 0.491. The van der Waals surface area contributed by atoms with Crippen LogP contribution in [0.25, 0.3) is 0 Å². The number of hydrogen-bond acceptors (Lipinski definition) is 5. The summed E-state index contributed by atoms with van der Waals surface area (Å²) in [6.45, 7) is 8.44. The zero-order chi connectivity index (χ0) is 21.1. The van der Waals surface area contributed by atoms with Crippen molar-refractivity contribution >= 4 is 0 Å². The number of allylic oxidation sites excluding steroid dienone is 2. The molecule has 0 aromatic rings. The van der Waals surface area contributed by atoms with Crippen LogP contribution in [0.1, 0.15) is 59.8 Å². The normalized spacial score (nSPS) is 28.3. The third kappa shape index (κ3) is 7.96. The third-order valence-corrected chi connectivity index (χ3v) is 5.98. The molecule has 1 heterocycles. The van der Waals surface area contributed by atoms with Crippen molar-refractivity contribution in [1.82, 2.24) is 0 Å². The lowest BCUT2D eigenvalue weighted by molar-refractivity contribution is -0.205. The summed E-state index contributed by atoms with van der Waals surface area (Å²) >= 11 is 0. The maximum absolute atomic E-state index is 10.5. The van der Waals surface area contributed by atoms with Gasteiger partial charge in [-0.15, -0.1) is 0 Å². The van der Waals surface area contributed by atoms with Crippen molar-refractivity contribution in [1.29, 1.82) is 0 Å². The van der Waals surface area contributed by atoms with E-state index >= 15 is 0 Å². The standard InChI is InChI=1S/C23H42O5/c1-8-20(25-5)17(3)12-13-19(24)16(2)10-9-11-18(4)23-21(26-6)14-15-22(27-7)28-23/h9-11,16-17,19-24H,8,12-15H2,1-7H3/b10-9+,18-11+/t16?,17?,19?,20?,21-,22-,23?/m1/s1. The molecule has 7 atom stereocenters. The summed E-state index contributed by atoms with van der Waals surface area (Å²) in [5.41, 5.74) is 1.10. The topological polar surface area (TPSA) is 57.2 Å². The molecule has 0 aromatic heterocycles. The maximum Gasteiger partial charge on any atom is 0.158 e. The molecule has 0 spiro atoms. The molecule has 1 N–H and O–H groups in total. The van der Waals surface area contributed by atoms with Gasteiger partial charge in [0.05, 0.1) is 18.3 Å². The highest BCUT2D eigenvalue weighted by Gasteiger charge is 2.32. The molecular weight excluding hydrogens is 356 g/mol. The second kappa shape index (κ2) is 13.5. The van der Waals surface area contributed by atoms with E-state index in [0.717, 1.165) is 37.7 Å². The molecule has 5 nitrogen and oxygen atoms in total. The smallest absolute Gasteiger partial charge is 0.158 e. The summed E-state index contributed by atoms with van der Waals surface area (Å²) < 4.78 is 22.4. The second-order valence-corrected chi connectivity index (χ2v) is 8.03. The Morgan fingerprint density at radius 1 is 1.14 bits per heavy atom. The first-order valence-electron chi connectivity index (χ1n) is 10.6. The van der Waals surface area contributed by atoms with Crippen LogP contribution < -0.4 is 0 Å². The first kappa shape index (κ1) is 25.3. The van der Waals surface area contributed by atoms with Crippen molar-refractivity contribution in [3.05, 3.63) is 23.8 Å². The van der Waals surface area contributed by atoms with Crippen molar-refractivity contribution in [3.63, 3.8) is 0 Å². The van der Waals surface area contributed by atoms with Gasteiger partial charge in [0.15, 0.2) is 6.29 Å². The van der Waals surface area contributed by atoms with E-state index in [2.05, 4.69) is 39.8 Å². The molecule has 0 aliphatic carbocycles. The highest BCUT2D eigenvalue weighted by molar-refractivity contribution is 5.17. The third-order valence-electron chi connectivity index (χ3n) is 5.98. The summed E-state index contributed by atoms with van der Waals surface area (Å²) in [4.78, 5) is 0. The van der Waals surface area contributed by atoms with Crippen LogP contribution in [0.15, 0.2) is 23.8 Å². The van der Waals surface area contributed by atoms with Crippen LogP contribution >= 0.6 is 0 Å². The first-order valence-corrected chi connectivity index (χ1v) is 10.6. The molecule has 5 heteroatoms. The van der Waals surface area contributed by atoms with Crippen LogP contribution in [0.3, 0.4) is 0 Å². The van der Waals surface area contributed by atoms with Gasteiger partial charge in [-0.05, 0) is 44.1 Å². The predicted molar refractivity (Wildman–Crippen MR) is 113 cm³/mol. The SMILES string of the molecule is CCC(OC)C(C)CCC(O)C(C)/C=C/C=C(\C)C1O[C@@H](OC)CC[C@H]1OC. The summed E-state index contributed by atoms with van der Waals surface area (Å²) in [6, 6.07) is 0. The largest absolute Gasteiger partial charge is 0.393 e. The Hall–Kier alpha value is -0.720. The van der Waals surface area contributed by atoms with Crippen molar-refractivity contribution in [2.45, 2.75) is 90.5 Å². The zero-order valence-corrected chi connectivity index (χ0v) is 18.9. The van der Waals surface area contributed by atoms with E-state index in [1.54, 1.807) is 21.3 Å². The molecule has 164 valence electrons. The van der Waals surface area contributed by atoms with Crippen LogP contribution in [-0.2, 0) is 18.9 Å². The van der Waals surface area contributed by atoms with E-state index in [9.17, 15) is 5.11 Å². The summed E-state index contributed by atoms with van der Waals surface area (Å²) in [7, 11) is 5.16. The lowest BCUT2D eigenvalue weighted by atomic mass is 9.91. The molecule has 1 aliphatic rings. The van der Waals surface area contributed by atoms with Crippen LogP contribution in [0.5, 0.6) is 0 Å². The van der Waals surface area contributed by atoms with Crippen LogP contribution in [0.2, 0.25) is 0 Å². The molecule has 1 fully saturated rings. The molecule has 1 rings (SSSR count). The molecule has 0 amide bonds. The predicted octanol–water partition coefficient (Wildman–Crippen LogP) is 4.49. The Balaban J connectivity index is 2.56. The van der Waals surface area contributed by atoms with E-state index in [1.807, 2.05) is 6.08 Å². The highest BCUT2D eigenvalue weighted by Crippen LogP contribution is 2.27. The van der Waals surface area contributed by atoms with Gasteiger partial charge in [-0.1, -0.05) is 39.0 Å². The number of aliphatic hydroxyl groups is 1. The van der Waals surface area contributed by atoms with Gasteiger partial charge in [0.25, 0.3) is 0 Å². The van der Waals surface area contributed by atoms with E-state index in [4.69, 9.17) is 18.9 Å². The van der Waals surface area contributed by atoms with Crippen molar-refractivity contribution in [2.24, 2.45) is 11.8 Å². The van der Waals surface area contributed by atoms with E-state index in [0.29, 0.717) is 5.92 Å². The first-order chi connectivity index (χ1) is 13.4. The summed E-state index contributed by atoms with van der Waals surface area (Å²) in [5, 5.41) is 10.5. The molecule has 0 radical (unpaired) electrons. The lowest BCUT2D eigenvalue weighted by Gasteiger charge is -2.35.